The maximum absolute atomic E-state index is 13.8. The molecule has 0 aliphatic rings. The number of aryl methyl sites for hydroxylation is 2. The molecule has 4 rings (SSSR count). The number of carbonyl (C=O) groups is 3. The number of esters is 2. The van der Waals surface area contributed by atoms with Crippen LogP contribution in [-0.4, -0.2) is 47.4 Å². The molecule has 12 heteroatoms. The van der Waals surface area contributed by atoms with Gasteiger partial charge in [-0.2, -0.15) is 0 Å². The number of rotatable bonds is 9. The highest BCUT2D eigenvalue weighted by atomic mass is 32.2. The minimum atomic E-state index is -0.678. The zero-order valence-corrected chi connectivity index (χ0v) is 24.5. The van der Waals surface area contributed by atoms with Crippen LogP contribution >= 0.6 is 34.4 Å². The first-order chi connectivity index (χ1) is 18.7. The number of anilines is 1. The predicted molar refractivity (Wildman–Crippen MR) is 155 cm³/mol. The number of hydrogen-bond acceptors (Lipinski definition) is 10. The maximum atomic E-state index is 13.8. The first-order valence-electron chi connectivity index (χ1n) is 12.0. The average molecular weight is 586 g/mol. The van der Waals surface area contributed by atoms with Gasteiger partial charge in [-0.25, -0.2) is 14.6 Å². The van der Waals surface area contributed by atoms with E-state index in [2.05, 4.69) is 12.2 Å². The summed E-state index contributed by atoms with van der Waals surface area (Å²) in [4.78, 5) is 58.1. The molecule has 204 valence electrons. The molecule has 3 heterocycles. The van der Waals surface area contributed by atoms with Gasteiger partial charge >= 0.3 is 11.9 Å². The molecule has 0 aliphatic carbocycles. The van der Waals surface area contributed by atoms with Crippen molar-refractivity contribution in [3.8, 4) is 5.69 Å². The summed E-state index contributed by atoms with van der Waals surface area (Å²) in [6.45, 7) is 5.66. The fourth-order valence-corrected chi connectivity index (χ4v) is 7.23. The Hall–Kier alpha value is -3.48. The Morgan fingerprint density at radius 3 is 2.38 bits per heavy atom. The number of amides is 1. The molecule has 0 spiro atoms. The molecule has 0 bridgehead atoms. The number of carbonyl (C=O) groups excluding carboxylic acids is 3. The molecule has 0 radical (unpaired) electrons. The molecule has 0 unspecified atom stereocenters. The number of ether oxygens (including phenoxy) is 2. The molecule has 0 atom stereocenters. The van der Waals surface area contributed by atoms with Crippen molar-refractivity contribution in [3.63, 3.8) is 0 Å². The Kier molecular flexibility index (Phi) is 8.88. The Balaban J connectivity index is 1.69. The largest absolute Gasteiger partial charge is 0.465 e. The zero-order valence-electron chi connectivity index (χ0n) is 22.1. The first kappa shape index (κ1) is 28.5. The number of para-hydroxylation sites is 1. The normalized spacial score (nSPS) is 11.0. The van der Waals surface area contributed by atoms with Crippen molar-refractivity contribution in [1.82, 2.24) is 9.55 Å². The molecule has 0 saturated carbocycles. The lowest BCUT2D eigenvalue weighted by Crippen LogP contribution is -2.23. The van der Waals surface area contributed by atoms with Crippen LogP contribution in [0.3, 0.4) is 0 Å². The highest BCUT2D eigenvalue weighted by Crippen LogP contribution is 2.35. The molecule has 39 heavy (non-hydrogen) atoms. The molecule has 3 aromatic heterocycles. The van der Waals surface area contributed by atoms with Crippen molar-refractivity contribution in [2.45, 2.75) is 38.8 Å². The van der Waals surface area contributed by atoms with Gasteiger partial charge in [0.25, 0.3) is 5.56 Å². The number of thioether (sulfide) groups is 1. The lowest BCUT2D eigenvalue weighted by atomic mass is 10.1. The third kappa shape index (κ3) is 5.63. The second-order valence-electron chi connectivity index (χ2n) is 8.52. The minimum absolute atomic E-state index is 0.0952. The van der Waals surface area contributed by atoms with E-state index in [0.29, 0.717) is 26.6 Å². The fourth-order valence-electron chi connectivity index (χ4n) is 4.18. The van der Waals surface area contributed by atoms with Crippen LogP contribution in [0.2, 0.25) is 0 Å². The van der Waals surface area contributed by atoms with Crippen LogP contribution in [0, 0.1) is 13.8 Å². The summed E-state index contributed by atoms with van der Waals surface area (Å²) in [7, 11) is 2.46. The third-order valence-electron chi connectivity index (χ3n) is 6.00. The van der Waals surface area contributed by atoms with Crippen molar-refractivity contribution >= 4 is 67.5 Å². The lowest BCUT2D eigenvalue weighted by Gasteiger charge is -2.12. The molecule has 1 amide bonds. The number of nitrogens with zero attached hydrogens (tertiary/aromatic N) is 2. The van der Waals surface area contributed by atoms with Gasteiger partial charge in [-0.15, -0.1) is 22.7 Å². The van der Waals surface area contributed by atoms with Crippen molar-refractivity contribution in [1.29, 1.82) is 0 Å². The molecule has 1 aromatic carbocycles. The molecular formula is C27H27N3O6S3. The van der Waals surface area contributed by atoms with Gasteiger partial charge in [-0.1, -0.05) is 43.3 Å². The van der Waals surface area contributed by atoms with E-state index in [1.807, 2.05) is 37.3 Å². The second kappa shape index (κ2) is 12.1. The third-order valence-corrected chi connectivity index (χ3v) is 9.17. The van der Waals surface area contributed by atoms with Crippen molar-refractivity contribution < 1.29 is 23.9 Å². The van der Waals surface area contributed by atoms with Crippen LogP contribution < -0.4 is 10.9 Å². The Morgan fingerprint density at radius 2 is 1.74 bits per heavy atom. The Labute approximate surface area is 237 Å². The van der Waals surface area contributed by atoms with Gasteiger partial charge in [0.15, 0.2) is 5.16 Å². The van der Waals surface area contributed by atoms with E-state index < -0.39 is 17.8 Å². The van der Waals surface area contributed by atoms with Gasteiger partial charge in [-0.05, 0) is 43.5 Å². The van der Waals surface area contributed by atoms with E-state index in [0.717, 1.165) is 46.4 Å². The number of nitrogens with one attached hydrogen (secondary N) is 1. The van der Waals surface area contributed by atoms with Crippen LogP contribution in [0.15, 0.2) is 40.3 Å². The van der Waals surface area contributed by atoms with Crippen LogP contribution in [0.4, 0.5) is 5.00 Å². The lowest BCUT2D eigenvalue weighted by molar-refractivity contribution is -0.113. The molecular weight excluding hydrogens is 559 g/mol. The average Bonchev–Trinajstić information content (AvgIpc) is 3.42. The van der Waals surface area contributed by atoms with E-state index >= 15 is 0 Å². The van der Waals surface area contributed by atoms with Gasteiger partial charge in [0, 0.05) is 4.88 Å². The maximum Gasteiger partial charge on any atom is 0.348 e. The molecule has 0 fully saturated rings. The van der Waals surface area contributed by atoms with E-state index in [9.17, 15) is 19.2 Å². The standard InChI is InChI=1S/C27H27N3O6S3/c1-6-10-17-15(3)38-23-20(17)24(32)30(16-11-8-7-9-12-16)27(29-23)37-13-18(31)28-22-19(25(33)35-4)14(2)21(39-22)26(34)36-5/h7-9,11-12H,6,10,13H2,1-5H3,(H,28,31). The van der Waals surface area contributed by atoms with E-state index in [1.165, 1.54) is 30.1 Å². The number of hydrogen-bond donors (Lipinski definition) is 1. The van der Waals surface area contributed by atoms with Crippen LogP contribution in [-0.2, 0) is 20.7 Å². The molecule has 0 aliphatic heterocycles. The summed E-state index contributed by atoms with van der Waals surface area (Å²) in [6, 6.07) is 9.19. The fraction of sp³-hybridized carbons (Fsp3) is 0.296. The highest BCUT2D eigenvalue weighted by molar-refractivity contribution is 7.99. The number of methoxy groups -OCH3 is 2. The van der Waals surface area contributed by atoms with Gasteiger partial charge in [-0.3, -0.25) is 14.2 Å². The number of aromatic nitrogens is 2. The Morgan fingerprint density at radius 1 is 1.05 bits per heavy atom. The van der Waals surface area contributed by atoms with Crippen LogP contribution in [0.1, 0.15) is 49.4 Å². The summed E-state index contributed by atoms with van der Waals surface area (Å²) < 4.78 is 11.2. The van der Waals surface area contributed by atoms with Gasteiger partial charge in [0.1, 0.15) is 14.7 Å². The summed E-state index contributed by atoms with van der Waals surface area (Å²) in [5.74, 6) is -1.83. The smallest absolute Gasteiger partial charge is 0.348 e. The molecule has 0 saturated heterocycles. The first-order valence-corrected chi connectivity index (χ1v) is 14.7. The number of thiophene rings is 2. The SMILES string of the molecule is CCCc1c(C)sc2nc(SCC(=O)Nc3sc(C(=O)OC)c(C)c3C(=O)OC)n(-c3ccccc3)c(=O)c12. The molecule has 9 nitrogen and oxygen atoms in total. The van der Waals surface area contributed by atoms with E-state index in [1.54, 1.807) is 6.92 Å². The molecule has 1 N–H and O–H groups in total. The van der Waals surface area contributed by atoms with Crippen LogP contribution in [0.25, 0.3) is 15.9 Å². The minimum Gasteiger partial charge on any atom is -0.465 e. The highest BCUT2D eigenvalue weighted by Gasteiger charge is 2.27. The topological polar surface area (TPSA) is 117 Å². The summed E-state index contributed by atoms with van der Waals surface area (Å²) in [6.07, 6.45) is 1.68. The van der Waals surface area contributed by atoms with Crippen LogP contribution in [0.5, 0.6) is 0 Å². The van der Waals surface area contributed by atoms with Gasteiger partial charge < -0.3 is 14.8 Å². The van der Waals surface area contributed by atoms with Crippen molar-refractivity contribution in [2.24, 2.45) is 0 Å². The summed E-state index contributed by atoms with van der Waals surface area (Å²) in [5.41, 5.74) is 1.95. The number of benzene rings is 1. The Bertz CT molecular complexity index is 1620. The van der Waals surface area contributed by atoms with E-state index in [4.69, 9.17) is 14.5 Å². The quantitative estimate of drug-likeness (QED) is 0.158. The monoisotopic (exact) mass is 585 g/mol. The van der Waals surface area contributed by atoms with Gasteiger partial charge in [0.2, 0.25) is 5.91 Å². The predicted octanol–water partition coefficient (Wildman–Crippen LogP) is 5.38. The summed E-state index contributed by atoms with van der Waals surface area (Å²) in [5, 5.41) is 3.90. The van der Waals surface area contributed by atoms with E-state index in [-0.39, 0.29) is 26.8 Å². The zero-order chi connectivity index (χ0) is 28.3. The molecule has 4 aromatic rings. The summed E-state index contributed by atoms with van der Waals surface area (Å²) >= 11 is 3.52. The second-order valence-corrected chi connectivity index (χ2v) is 11.7. The number of fused-ring (bicyclic) bond motifs is 1. The van der Waals surface area contributed by atoms with Gasteiger partial charge in [0.05, 0.1) is 36.6 Å². The van der Waals surface area contributed by atoms with Crippen molar-refractivity contribution in [3.05, 3.63) is 67.1 Å². The van der Waals surface area contributed by atoms with Crippen molar-refractivity contribution in [2.75, 3.05) is 25.3 Å².